The van der Waals surface area contributed by atoms with Gasteiger partial charge in [-0.1, -0.05) is 28.1 Å². The third kappa shape index (κ3) is 4.34. The summed E-state index contributed by atoms with van der Waals surface area (Å²) in [6, 6.07) is 12.7. The molecule has 2 aromatic carbocycles. The van der Waals surface area contributed by atoms with E-state index in [4.69, 9.17) is 12.2 Å². The molecular formula is C14H10BrN3O3S. The molecular weight excluding hydrogens is 370 g/mol. The molecule has 112 valence electrons. The third-order valence-electron chi connectivity index (χ3n) is 2.63. The molecule has 8 heteroatoms. The van der Waals surface area contributed by atoms with E-state index < -0.39 is 10.8 Å². The average Bonchev–Trinajstić information content (AvgIpc) is 2.47. The number of anilines is 1. The number of non-ortho nitro benzene ring substituents is 1. The van der Waals surface area contributed by atoms with Gasteiger partial charge >= 0.3 is 0 Å². The smallest absolute Gasteiger partial charge is 0.270 e. The lowest BCUT2D eigenvalue weighted by Crippen LogP contribution is -2.34. The number of benzene rings is 2. The van der Waals surface area contributed by atoms with Crippen LogP contribution in [0.5, 0.6) is 0 Å². The number of carbonyl (C=O) groups is 1. The number of nitrogens with zero attached hydrogens (tertiary/aromatic N) is 1. The van der Waals surface area contributed by atoms with Crippen molar-refractivity contribution in [2.45, 2.75) is 0 Å². The first-order valence-electron chi connectivity index (χ1n) is 6.08. The molecule has 0 unspecified atom stereocenters. The highest BCUT2D eigenvalue weighted by Gasteiger charge is 2.12. The predicted octanol–water partition coefficient (Wildman–Crippen LogP) is 3.48. The number of nitrogens with one attached hydrogen (secondary N) is 2. The first-order chi connectivity index (χ1) is 10.5. The summed E-state index contributed by atoms with van der Waals surface area (Å²) in [5.41, 5.74) is 0.713. The van der Waals surface area contributed by atoms with Crippen LogP contribution >= 0.6 is 28.1 Å². The van der Waals surface area contributed by atoms with Crippen LogP contribution in [-0.4, -0.2) is 15.9 Å². The highest BCUT2D eigenvalue weighted by Crippen LogP contribution is 2.16. The van der Waals surface area contributed by atoms with Gasteiger partial charge in [-0.25, -0.2) is 0 Å². The molecule has 0 aliphatic carbocycles. The molecule has 0 saturated heterocycles. The molecule has 6 nitrogen and oxygen atoms in total. The summed E-state index contributed by atoms with van der Waals surface area (Å²) in [7, 11) is 0. The van der Waals surface area contributed by atoms with E-state index in [1.807, 2.05) is 12.1 Å². The van der Waals surface area contributed by atoms with E-state index in [-0.39, 0.29) is 16.4 Å². The van der Waals surface area contributed by atoms with E-state index in [0.717, 1.165) is 4.47 Å². The summed E-state index contributed by atoms with van der Waals surface area (Å²) in [5.74, 6) is -0.517. The van der Waals surface area contributed by atoms with E-state index in [0.29, 0.717) is 5.69 Å². The second-order valence-electron chi connectivity index (χ2n) is 4.23. The van der Waals surface area contributed by atoms with E-state index in [2.05, 4.69) is 26.6 Å². The van der Waals surface area contributed by atoms with Crippen molar-refractivity contribution in [1.29, 1.82) is 0 Å². The molecule has 0 fully saturated rings. The lowest BCUT2D eigenvalue weighted by molar-refractivity contribution is -0.384. The second kappa shape index (κ2) is 7.10. The van der Waals surface area contributed by atoms with Crippen molar-refractivity contribution in [2.24, 2.45) is 0 Å². The van der Waals surface area contributed by atoms with Crippen LogP contribution in [-0.2, 0) is 0 Å². The first-order valence-corrected chi connectivity index (χ1v) is 7.28. The van der Waals surface area contributed by atoms with Gasteiger partial charge in [0.05, 0.1) is 4.92 Å². The molecule has 0 saturated carbocycles. The van der Waals surface area contributed by atoms with Crippen molar-refractivity contribution >= 4 is 50.5 Å². The van der Waals surface area contributed by atoms with Gasteiger partial charge in [0, 0.05) is 27.9 Å². The van der Waals surface area contributed by atoms with E-state index in [9.17, 15) is 14.9 Å². The van der Waals surface area contributed by atoms with Crippen molar-refractivity contribution < 1.29 is 9.72 Å². The Balaban J connectivity index is 2.04. The number of nitro benzene ring substituents is 1. The topological polar surface area (TPSA) is 84.3 Å². The monoisotopic (exact) mass is 379 g/mol. The van der Waals surface area contributed by atoms with Gasteiger partial charge in [0.25, 0.3) is 11.6 Å². The highest BCUT2D eigenvalue weighted by molar-refractivity contribution is 9.10. The molecule has 2 aromatic rings. The Labute approximate surface area is 139 Å². The molecule has 2 rings (SSSR count). The lowest BCUT2D eigenvalue weighted by atomic mass is 10.2. The van der Waals surface area contributed by atoms with Crippen molar-refractivity contribution in [1.82, 2.24) is 5.32 Å². The van der Waals surface area contributed by atoms with Gasteiger partial charge in [-0.3, -0.25) is 20.2 Å². The van der Waals surface area contributed by atoms with Crippen molar-refractivity contribution in [3.05, 3.63) is 68.7 Å². The average molecular weight is 380 g/mol. The van der Waals surface area contributed by atoms with Crippen LogP contribution in [0.1, 0.15) is 10.4 Å². The van der Waals surface area contributed by atoms with Crippen LogP contribution in [0.25, 0.3) is 0 Å². The third-order valence-corrected chi connectivity index (χ3v) is 3.33. The van der Waals surface area contributed by atoms with Crippen LogP contribution in [0, 0.1) is 10.1 Å². The van der Waals surface area contributed by atoms with Crippen LogP contribution < -0.4 is 10.6 Å². The van der Waals surface area contributed by atoms with Crippen LogP contribution in [0.15, 0.2) is 53.0 Å². The van der Waals surface area contributed by atoms with Gasteiger partial charge < -0.3 is 5.32 Å². The molecule has 0 spiro atoms. The minimum Gasteiger partial charge on any atom is -0.332 e. The van der Waals surface area contributed by atoms with Gasteiger partial charge in [0.15, 0.2) is 5.11 Å². The molecule has 0 aliphatic heterocycles. The van der Waals surface area contributed by atoms with Crippen molar-refractivity contribution in [3.8, 4) is 0 Å². The quantitative estimate of drug-likeness (QED) is 0.484. The zero-order valence-electron chi connectivity index (χ0n) is 11.1. The molecule has 22 heavy (non-hydrogen) atoms. The Bertz CT molecular complexity index is 752. The predicted molar refractivity (Wildman–Crippen MR) is 90.9 cm³/mol. The van der Waals surface area contributed by atoms with Gasteiger partial charge in [0.2, 0.25) is 0 Å². The number of carbonyl (C=O) groups excluding carboxylic acids is 1. The molecule has 1 amide bonds. The number of thiocarbonyl (C=S) groups is 1. The van der Waals surface area contributed by atoms with Crippen LogP contribution in [0.4, 0.5) is 11.4 Å². The Morgan fingerprint density at radius 2 is 1.91 bits per heavy atom. The largest absolute Gasteiger partial charge is 0.332 e. The summed E-state index contributed by atoms with van der Waals surface area (Å²) in [6.45, 7) is 0. The zero-order valence-corrected chi connectivity index (χ0v) is 13.5. The van der Waals surface area contributed by atoms with Crippen molar-refractivity contribution in [2.75, 3.05) is 5.32 Å². The van der Waals surface area contributed by atoms with Gasteiger partial charge in [0.1, 0.15) is 0 Å². The fourth-order valence-corrected chi connectivity index (χ4v) is 2.27. The van der Waals surface area contributed by atoms with Gasteiger partial charge in [-0.15, -0.1) is 0 Å². The van der Waals surface area contributed by atoms with Crippen LogP contribution in [0.3, 0.4) is 0 Å². The first kappa shape index (κ1) is 16.1. The number of rotatable bonds is 3. The number of halogens is 1. The van der Waals surface area contributed by atoms with E-state index in [1.165, 1.54) is 24.3 Å². The maximum atomic E-state index is 12.0. The van der Waals surface area contributed by atoms with E-state index in [1.54, 1.807) is 12.1 Å². The summed E-state index contributed by atoms with van der Waals surface area (Å²) in [5, 5.41) is 16.1. The number of amides is 1. The number of hydrogen-bond donors (Lipinski definition) is 2. The molecule has 0 aliphatic rings. The Kier molecular flexibility index (Phi) is 5.18. The zero-order chi connectivity index (χ0) is 16.1. The summed E-state index contributed by atoms with van der Waals surface area (Å²) in [6.07, 6.45) is 0. The molecule has 0 atom stereocenters. The summed E-state index contributed by atoms with van der Waals surface area (Å²) < 4.78 is 0.866. The maximum absolute atomic E-state index is 12.0. The Hall–Kier alpha value is -2.32. The van der Waals surface area contributed by atoms with E-state index >= 15 is 0 Å². The molecule has 2 N–H and O–H groups in total. The lowest BCUT2D eigenvalue weighted by Gasteiger charge is -2.09. The SMILES string of the molecule is O=C(NC(=S)Nc1cccc(Br)c1)c1cccc([N+](=O)[O-])c1. The molecule has 0 aromatic heterocycles. The van der Waals surface area contributed by atoms with Crippen LogP contribution in [0.2, 0.25) is 0 Å². The fourth-order valence-electron chi connectivity index (χ4n) is 1.66. The summed E-state index contributed by atoms with van der Waals surface area (Å²) >= 11 is 8.37. The summed E-state index contributed by atoms with van der Waals surface area (Å²) in [4.78, 5) is 22.2. The van der Waals surface area contributed by atoms with Gasteiger partial charge in [-0.2, -0.15) is 0 Å². The second-order valence-corrected chi connectivity index (χ2v) is 5.55. The number of hydrogen-bond acceptors (Lipinski definition) is 4. The molecule has 0 bridgehead atoms. The standard InChI is InChI=1S/C14H10BrN3O3S/c15-10-4-2-5-11(8-10)16-14(22)17-13(19)9-3-1-6-12(7-9)18(20)21/h1-8H,(H2,16,17,19,22). The van der Waals surface area contributed by atoms with Gasteiger partial charge in [-0.05, 0) is 36.5 Å². The fraction of sp³-hybridized carbons (Fsp3) is 0. The minimum absolute atomic E-state index is 0.106. The maximum Gasteiger partial charge on any atom is 0.270 e. The Morgan fingerprint density at radius 1 is 1.18 bits per heavy atom. The normalized spacial score (nSPS) is 9.86. The van der Waals surface area contributed by atoms with Crippen molar-refractivity contribution in [3.63, 3.8) is 0 Å². The molecule has 0 heterocycles. The molecule has 0 radical (unpaired) electrons. The highest BCUT2D eigenvalue weighted by atomic mass is 79.9. The minimum atomic E-state index is -0.561. The number of nitro groups is 1. The Morgan fingerprint density at radius 3 is 2.59 bits per heavy atom.